The van der Waals surface area contributed by atoms with Crippen LogP contribution in [0.4, 0.5) is 24.7 Å². The molecule has 0 radical (unpaired) electrons. The molecule has 1 spiro atoms. The van der Waals surface area contributed by atoms with Gasteiger partial charge in [0.2, 0.25) is 11.8 Å². The fourth-order valence-electron chi connectivity index (χ4n) is 8.11. The van der Waals surface area contributed by atoms with Gasteiger partial charge in [0.05, 0.1) is 34.9 Å². The number of anilines is 2. The van der Waals surface area contributed by atoms with Gasteiger partial charge in [-0.1, -0.05) is 41.9 Å². The van der Waals surface area contributed by atoms with Crippen LogP contribution in [0.15, 0.2) is 59.5 Å². The molecule has 0 bridgehead atoms. The first kappa shape index (κ1) is 34.1. The number of aromatic nitrogens is 4. The summed E-state index contributed by atoms with van der Waals surface area (Å²) in [6, 6.07) is 14.1. The van der Waals surface area contributed by atoms with Crippen molar-refractivity contribution in [2.45, 2.75) is 56.8 Å². The third-order valence-electron chi connectivity index (χ3n) is 10.8. The van der Waals surface area contributed by atoms with Gasteiger partial charge in [0.25, 0.3) is 5.56 Å². The molecule has 52 heavy (non-hydrogen) atoms. The van der Waals surface area contributed by atoms with Crippen molar-refractivity contribution in [2.75, 3.05) is 25.5 Å². The molecule has 2 aliphatic heterocycles. The van der Waals surface area contributed by atoms with Crippen LogP contribution in [0.2, 0.25) is 5.02 Å². The minimum Gasteiger partial charge on any atom is -0.481 e. The SMILES string of the molecule is COc1nc(-c2cccc(-c3cccc(Nc4nc(C(F)(F)F)cc5cnn(C)c(=O)c45)c3C)c2Cl)cc2c1[C@@H](N1CC[C@@]3(CCC(=O)N3)C1)CC2. The first-order valence-electron chi connectivity index (χ1n) is 17.1. The van der Waals surface area contributed by atoms with E-state index in [1.165, 1.54) is 13.2 Å². The van der Waals surface area contributed by atoms with E-state index in [1.54, 1.807) is 19.2 Å². The number of benzene rings is 2. The third-order valence-corrected chi connectivity index (χ3v) is 11.2. The van der Waals surface area contributed by atoms with E-state index in [0.717, 1.165) is 66.2 Å². The van der Waals surface area contributed by atoms with Crippen LogP contribution in [0, 0.1) is 6.92 Å². The minimum atomic E-state index is -4.74. The van der Waals surface area contributed by atoms with Crippen molar-refractivity contribution in [3.63, 3.8) is 0 Å². The van der Waals surface area contributed by atoms with E-state index in [9.17, 15) is 22.8 Å². The summed E-state index contributed by atoms with van der Waals surface area (Å²) in [6.45, 7) is 3.53. The average molecular weight is 730 g/mol. The van der Waals surface area contributed by atoms with Gasteiger partial charge in [0, 0.05) is 60.4 Å². The number of rotatable bonds is 6. The Bertz CT molecular complexity index is 2350. The molecule has 0 saturated carbocycles. The first-order chi connectivity index (χ1) is 24.9. The van der Waals surface area contributed by atoms with Gasteiger partial charge in [-0.15, -0.1) is 0 Å². The topological polar surface area (TPSA) is 114 Å². The molecule has 0 unspecified atom stereocenters. The maximum atomic E-state index is 13.8. The standard InChI is InChI=1S/C38H35ClF3N7O3/c1-20-23(6-5-9-26(20)44-34-32-22(18-43-48(2)36(32)51)17-29(46-34)38(40,41)42)24-7-4-8-25(33(24)39)27-16-21-10-11-28(31(21)35(45-27)52-3)49-15-14-37(19-49)13-12-30(50)47-37/h4-9,16-18,28H,10-15,19H2,1-3H3,(H,44,46)(H,47,50)/t28-,37-/m0/s1. The summed E-state index contributed by atoms with van der Waals surface area (Å²) in [6.07, 6.45) is 0.619. The number of carbonyl (C=O) groups excluding carboxylic acids is 1. The number of nitrogens with one attached hydrogen (secondary N) is 2. The molecule has 3 aliphatic rings. The Morgan fingerprint density at radius 3 is 2.56 bits per heavy atom. The second kappa shape index (κ2) is 12.6. The van der Waals surface area contributed by atoms with E-state index in [4.69, 9.17) is 21.3 Å². The molecular weight excluding hydrogens is 695 g/mol. The van der Waals surface area contributed by atoms with Crippen LogP contribution >= 0.6 is 11.6 Å². The highest BCUT2D eigenvalue weighted by molar-refractivity contribution is 6.36. The lowest BCUT2D eigenvalue weighted by Gasteiger charge is -2.28. The van der Waals surface area contributed by atoms with Gasteiger partial charge in [-0.2, -0.15) is 18.3 Å². The van der Waals surface area contributed by atoms with Crippen molar-refractivity contribution in [3.8, 4) is 28.3 Å². The Balaban J connectivity index is 1.14. The lowest BCUT2D eigenvalue weighted by Crippen LogP contribution is -2.44. The van der Waals surface area contributed by atoms with Crippen LogP contribution in [0.3, 0.4) is 0 Å². The zero-order valence-corrected chi connectivity index (χ0v) is 29.5. The number of pyridine rings is 2. The number of ether oxygens (including phenoxy) is 1. The van der Waals surface area contributed by atoms with Crippen molar-refractivity contribution in [1.29, 1.82) is 0 Å². The van der Waals surface area contributed by atoms with Crippen LogP contribution in [-0.2, 0) is 24.4 Å². The van der Waals surface area contributed by atoms with Gasteiger partial charge >= 0.3 is 6.18 Å². The lowest BCUT2D eigenvalue weighted by molar-refractivity contribution is -0.141. The van der Waals surface area contributed by atoms with Crippen molar-refractivity contribution < 1.29 is 22.7 Å². The number of fused-ring (bicyclic) bond motifs is 2. The number of hydrogen-bond donors (Lipinski definition) is 2. The van der Waals surface area contributed by atoms with E-state index in [0.29, 0.717) is 45.4 Å². The van der Waals surface area contributed by atoms with Gasteiger partial charge in [-0.25, -0.2) is 14.6 Å². The molecule has 2 aromatic carbocycles. The predicted octanol–water partition coefficient (Wildman–Crippen LogP) is 7.13. The van der Waals surface area contributed by atoms with Gasteiger partial charge in [0.15, 0.2) is 0 Å². The number of halogens is 4. The lowest BCUT2D eigenvalue weighted by atomic mass is 9.96. The quantitative estimate of drug-likeness (QED) is 0.190. The fourth-order valence-corrected chi connectivity index (χ4v) is 8.43. The first-order valence-corrected chi connectivity index (χ1v) is 17.5. The molecular formula is C38H35ClF3N7O3. The average Bonchev–Trinajstić information content (AvgIpc) is 3.84. The molecule has 8 rings (SSSR count). The molecule has 1 amide bonds. The van der Waals surface area contributed by atoms with E-state index in [-0.39, 0.29) is 34.1 Å². The van der Waals surface area contributed by atoms with Gasteiger partial charge in [-0.3, -0.25) is 14.5 Å². The Kier molecular flexibility index (Phi) is 8.25. The molecule has 2 N–H and O–H groups in total. The molecule has 1 aliphatic carbocycles. The maximum Gasteiger partial charge on any atom is 0.433 e. The van der Waals surface area contributed by atoms with E-state index >= 15 is 0 Å². The summed E-state index contributed by atoms with van der Waals surface area (Å²) in [5.41, 5.74) is 4.30. The van der Waals surface area contributed by atoms with Crippen molar-refractivity contribution >= 4 is 39.8 Å². The van der Waals surface area contributed by atoms with E-state index in [1.807, 2.05) is 31.2 Å². The Morgan fingerprint density at radius 2 is 1.81 bits per heavy atom. The van der Waals surface area contributed by atoms with E-state index in [2.05, 4.69) is 31.7 Å². The smallest absolute Gasteiger partial charge is 0.433 e. The predicted molar refractivity (Wildman–Crippen MR) is 192 cm³/mol. The Morgan fingerprint density at radius 1 is 1.04 bits per heavy atom. The van der Waals surface area contributed by atoms with Crippen molar-refractivity contribution in [1.82, 2.24) is 30.0 Å². The molecule has 3 aromatic heterocycles. The maximum absolute atomic E-state index is 13.8. The zero-order chi connectivity index (χ0) is 36.5. The molecule has 268 valence electrons. The number of hydrogen-bond acceptors (Lipinski definition) is 8. The monoisotopic (exact) mass is 729 g/mol. The molecule has 2 fully saturated rings. The molecule has 2 atom stereocenters. The van der Waals surface area contributed by atoms with Crippen molar-refractivity contribution in [2.24, 2.45) is 7.05 Å². The van der Waals surface area contributed by atoms with Gasteiger partial charge < -0.3 is 15.4 Å². The summed E-state index contributed by atoms with van der Waals surface area (Å²) in [4.78, 5) is 36.3. The summed E-state index contributed by atoms with van der Waals surface area (Å²) in [7, 11) is 3.05. The van der Waals surface area contributed by atoms with Crippen LogP contribution in [0.1, 0.15) is 54.1 Å². The van der Waals surface area contributed by atoms with Crippen LogP contribution < -0.4 is 20.9 Å². The van der Waals surface area contributed by atoms with Crippen molar-refractivity contribution in [3.05, 3.63) is 92.5 Å². The second-order valence-electron chi connectivity index (χ2n) is 13.9. The number of methoxy groups -OCH3 is 1. The molecule has 5 aromatic rings. The number of carbonyl (C=O) groups is 1. The van der Waals surface area contributed by atoms with Gasteiger partial charge in [0.1, 0.15) is 11.5 Å². The number of alkyl halides is 3. The number of nitrogens with zero attached hydrogens (tertiary/aromatic N) is 5. The normalized spacial score (nSPS) is 20.1. The largest absolute Gasteiger partial charge is 0.481 e. The summed E-state index contributed by atoms with van der Waals surface area (Å²) in [5, 5.41) is 10.6. The highest BCUT2D eigenvalue weighted by Crippen LogP contribution is 2.47. The molecule has 14 heteroatoms. The fraction of sp³-hybridized carbons (Fsp3) is 0.342. The highest BCUT2D eigenvalue weighted by Gasteiger charge is 2.46. The van der Waals surface area contributed by atoms with Gasteiger partial charge in [-0.05, 0) is 67.5 Å². The Hall–Kier alpha value is -5.01. The zero-order valence-electron chi connectivity index (χ0n) is 28.7. The highest BCUT2D eigenvalue weighted by atomic mass is 35.5. The van der Waals surface area contributed by atoms with Crippen LogP contribution in [0.25, 0.3) is 33.2 Å². The summed E-state index contributed by atoms with van der Waals surface area (Å²) < 4.78 is 48.5. The number of aryl methyl sites for hydroxylation is 2. The number of amides is 1. The summed E-state index contributed by atoms with van der Waals surface area (Å²) >= 11 is 7.18. The van der Waals surface area contributed by atoms with E-state index < -0.39 is 17.4 Å². The minimum absolute atomic E-state index is 0.0104. The second-order valence-corrected chi connectivity index (χ2v) is 14.2. The molecule has 10 nitrogen and oxygen atoms in total. The Labute approximate surface area is 302 Å². The van der Waals surface area contributed by atoms with Crippen LogP contribution in [-0.4, -0.2) is 56.3 Å². The van der Waals surface area contributed by atoms with Crippen LogP contribution in [0.5, 0.6) is 5.88 Å². The molecule has 5 heterocycles. The molecule has 2 saturated heterocycles. The number of likely N-dealkylation sites (tertiary alicyclic amines) is 1. The third kappa shape index (κ3) is 5.76. The summed E-state index contributed by atoms with van der Waals surface area (Å²) in [5.74, 6) is 0.455.